The molecule has 17 heavy (non-hydrogen) atoms. The number of rotatable bonds is 3. The van der Waals surface area contributed by atoms with Crippen molar-refractivity contribution in [2.24, 2.45) is 17.1 Å². The minimum absolute atomic E-state index is 0.0733. The van der Waals surface area contributed by atoms with Gasteiger partial charge in [0.1, 0.15) is 0 Å². The maximum absolute atomic E-state index is 12.2. The van der Waals surface area contributed by atoms with Gasteiger partial charge in [0.05, 0.1) is 18.1 Å². The van der Waals surface area contributed by atoms with E-state index in [1.165, 1.54) is 19.3 Å². The lowest BCUT2D eigenvalue weighted by molar-refractivity contribution is -0.127. The molecule has 3 fully saturated rings. The first kappa shape index (κ1) is 11.5. The molecule has 2 aliphatic heterocycles. The second-order valence-electron chi connectivity index (χ2n) is 6.28. The summed E-state index contributed by atoms with van der Waals surface area (Å²) in [5.41, 5.74) is 6.40. The number of carbonyl (C=O) groups is 1. The van der Waals surface area contributed by atoms with E-state index in [1.807, 2.05) is 0 Å². The Labute approximate surface area is 102 Å². The first-order chi connectivity index (χ1) is 8.09. The molecule has 0 unspecified atom stereocenters. The van der Waals surface area contributed by atoms with Crippen LogP contribution in [-0.4, -0.2) is 30.7 Å². The maximum atomic E-state index is 12.2. The van der Waals surface area contributed by atoms with E-state index in [9.17, 15) is 4.79 Å². The standard InChI is InChI=1S/C13H22N2O2/c1-13(5-2-6-13)7-15-12(16)10-8-3-4-9(17-8)11(10)14/h8-11H,2-7,14H2,1H3,(H,15,16)/t8-,9+,10-,11+/m1/s1. The van der Waals surface area contributed by atoms with Crippen LogP contribution >= 0.6 is 0 Å². The van der Waals surface area contributed by atoms with Gasteiger partial charge in [0.15, 0.2) is 0 Å². The van der Waals surface area contributed by atoms with E-state index < -0.39 is 0 Å². The Morgan fingerprint density at radius 2 is 2.12 bits per heavy atom. The van der Waals surface area contributed by atoms with Gasteiger partial charge >= 0.3 is 0 Å². The first-order valence-corrected chi connectivity index (χ1v) is 6.78. The lowest BCUT2D eigenvalue weighted by Crippen LogP contribution is -2.50. The number of fused-ring (bicyclic) bond motifs is 2. The average Bonchev–Trinajstić information content (AvgIpc) is 2.83. The van der Waals surface area contributed by atoms with Crippen LogP contribution in [0.5, 0.6) is 0 Å². The van der Waals surface area contributed by atoms with Crippen LogP contribution in [0.4, 0.5) is 0 Å². The summed E-state index contributed by atoms with van der Waals surface area (Å²) < 4.78 is 5.70. The van der Waals surface area contributed by atoms with Gasteiger partial charge in [0.25, 0.3) is 0 Å². The third-order valence-electron chi connectivity index (χ3n) is 4.88. The van der Waals surface area contributed by atoms with Crippen LogP contribution in [-0.2, 0) is 9.53 Å². The summed E-state index contributed by atoms with van der Waals surface area (Å²) >= 11 is 0. The van der Waals surface area contributed by atoms with Crippen molar-refractivity contribution in [3.05, 3.63) is 0 Å². The van der Waals surface area contributed by atoms with Gasteiger partial charge < -0.3 is 15.8 Å². The van der Waals surface area contributed by atoms with Crippen molar-refractivity contribution in [1.82, 2.24) is 5.32 Å². The predicted octanol–water partition coefficient (Wildman–Crippen LogP) is 0.797. The van der Waals surface area contributed by atoms with Crippen molar-refractivity contribution in [1.29, 1.82) is 0 Å². The number of hydrogen-bond acceptors (Lipinski definition) is 3. The Bertz CT molecular complexity index is 325. The second kappa shape index (κ2) is 3.95. The number of amides is 1. The normalized spacial score (nSPS) is 42.2. The van der Waals surface area contributed by atoms with Gasteiger partial charge in [-0.15, -0.1) is 0 Å². The van der Waals surface area contributed by atoms with Gasteiger partial charge in [-0.3, -0.25) is 4.79 Å². The highest BCUT2D eigenvalue weighted by Crippen LogP contribution is 2.40. The molecule has 0 aromatic carbocycles. The van der Waals surface area contributed by atoms with Crippen molar-refractivity contribution in [3.8, 4) is 0 Å². The van der Waals surface area contributed by atoms with Crippen LogP contribution in [0.3, 0.4) is 0 Å². The molecule has 3 aliphatic rings. The molecule has 2 heterocycles. The summed E-state index contributed by atoms with van der Waals surface area (Å²) in [4.78, 5) is 12.2. The van der Waals surface area contributed by atoms with Gasteiger partial charge in [0, 0.05) is 12.6 Å². The highest BCUT2D eigenvalue weighted by atomic mass is 16.5. The molecule has 0 radical (unpaired) electrons. The fraction of sp³-hybridized carbons (Fsp3) is 0.923. The Kier molecular flexibility index (Phi) is 2.67. The quantitative estimate of drug-likeness (QED) is 0.764. The third-order valence-corrected chi connectivity index (χ3v) is 4.88. The molecular weight excluding hydrogens is 216 g/mol. The van der Waals surface area contributed by atoms with Gasteiger partial charge in [-0.2, -0.15) is 0 Å². The SMILES string of the molecule is CC1(CNC(=O)[C@H]2[C@@H](N)[C@@H]3CC[C@H]2O3)CCC1. The van der Waals surface area contributed by atoms with Crippen LogP contribution in [0.15, 0.2) is 0 Å². The lowest BCUT2D eigenvalue weighted by Gasteiger charge is -2.39. The zero-order chi connectivity index (χ0) is 12.0. The van der Waals surface area contributed by atoms with Crippen molar-refractivity contribution in [3.63, 3.8) is 0 Å². The van der Waals surface area contributed by atoms with Gasteiger partial charge in [-0.1, -0.05) is 13.3 Å². The van der Waals surface area contributed by atoms with Crippen molar-refractivity contribution in [2.45, 2.75) is 57.3 Å². The van der Waals surface area contributed by atoms with E-state index in [2.05, 4.69) is 12.2 Å². The van der Waals surface area contributed by atoms with Crippen LogP contribution < -0.4 is 11.1 Å². The van der Waals surface area contributed by atoms with E-state index in [0.29, 0.717) is 5.41 Å². The maximum Gasteiger partial charge on any atom is 0.227 e. The zero-order valence-corrected chi connectivity index (χ0v) is 10.4. The van der Waals surface area contributed by atoms with Gasteiger partial charge in [0.2, 0.25) is 5.91 Å². The second-order valence-corrected chi connectivity index (χ2v) is 6.28. The molecule has 3 N–H and O–H groups in total. The molecule has 0 aromatic rings. The van der Waals surface area contributed by atoms with Crippen LogP contribution in [0.1, 0.15) is 39.0 Å². The van der Waals surface area contributed by atoms with E-state index in [4.69, 9.17) is 10.5 Å². The summed E-state index contributed by atoms with van der Waals surface area (Å²) in [5, 5.41) is 3.08. The predicted molar refractivity (Wildman–Crippen MR) is 64.3 cm³/mol. The van der Waals surface area contributed by atoms with Crippen molar-refractivity contribution < 1.29 is 9.53 Å². The summed E-state index contributed by atoms with van der Waals surface area (Å²) in [7, 11) is 0. The Morgan fingerprint density at radius 1 is 1.41 bits per heavy atom. The van der Waals surface area contributed by atoms with E-state index >= 15 is 0 Å². The molecule has 1 amide bonds. The molecule has 0 aromatic heterocycles. The molecule has 4 heteroatoms. The molecule has 1 saturated carbocycles. The average molecular weight is 238 g/mol. The molecular formula is C13H22N2O2. The Hall–Kier alpha value is -0.610. The fourth-order valence-electron chi connectivity index (χ4n) is 3.43. The fourth-order valence-corrected chi connectivity index (χ4v) is 3.43. The van der Waals surface area contributed by atoms with Crippen molar-refractivity contribution in [2.75, 3.05) is 6.54 Å². The van der Waals surface area contributed by atoms with Gasteiger partial charge in [-0.05, 0) is 31.1 Å². The summed E-state index contributed by atoms with van der Waals surface area (Å²) in [6, 6.07) is -0.0945. The topological polar surface area (TPSA) is 64.4 Å². The molecule has 2 bridgehead atoms. The highest BCUT2D eigenvalue weighted by molar-refractivity contribution is 5.80. The summed E-state index contributed by atoms with van der Waals surface area (Å²) in [5.74, 6) is -0.00440. The van der Waals surface area contributed by atoms with Crippen LogP contribution in [0.25, 0.3) is 0 Å². The Morgan fingerprint density at radius 3 is 2.65 bits per heavy atom. The first-order valence-electron chi connectivity index (χ1n) is 6.78. The molecule has 4 nitrogen and oxygen atoms in total. The summed E-state index contributed by atoms with van der Waals surface area (Å²) in [6.07, 6.45) is 5.96. The molecule has 4 atom stereocenters. The molecule has 3 rings (SSSR count). The monoisotopic (exact) mass is 238 g/mol. The van der Waals surface area contributed by atoms with E-state index in [0.717, 1.165) is 19.4 Å². The summed E-state index contributed by atoms with van der Waals surface area (Å²) in [6.45, 7) is 3.04. The van der Waals surface area contributed by atoms with Crippen LogP contribution in [0.2, 0.25) is 0 Å². The van der Waals surface area contributed by atoms with E-state index in [-0.39, 0.29) is 30.1 Å². The highest BCUT2D eigenvalue weighted by Gasteiger charge is 2.50. The van der Waals surface area contributed by atoms with Crippen molar-refractivity contribution >= 4 is 5.91 Å². The lowest BCUT2D eigenvalue weighted by atomic mass is 9.70. The minimum Gasteiger partial charge on any atom is -0.372 e. The molecule has 0 spiro atoms. The Balaban J connectivity index is 1.56. The molecule has 2 saturated heterocycles. The number of hydrogen-bond donors (Lipinski definition) is 2. The number of ether oxygens (including phenoxy) is 1. The van der Waals surface area contributed by atoms with Crippen LogP contribution in [0, 0.1) is 11.3 Å². The molecule has 96 valence electrons. The molecule has 1 aliphatic carbocycles. The minimum atomic E-state index is -0.113. The number of nitrogens with one attached hydrogen (secondary N) is 1. The van der Waals surface area contributed by atoms with E-state index in [1.54, 1.807) is 0 Å². The van der Waals surface area contributed by atoms with Gasteiger partial charge in [-0.25, -0.2) is 0 Å². The zero-order valence-electron chi connectivity index (χ0n) is 10.4. The smallest absolute Gasteiger partial charge is 0.227 e. The largest absolute Gasteiger partial charge is 0.372 e. The number of nitrogens with two attached hydrogens (primary N) is 1. The third kappa shape index (κ3) is 1.87. The number of carbonyl (C=O) groups excluding carboxylic acids is 1.